The largest absolute Gasteiger partial charge is 0.284 e. The van der Waals surface area contributed by atoms with Crippen molar-refractivity contribution in [1.82, 2.24) is 4.31 Å². The molecule has 0 aliphatic carbocycles. The first-order chi connectivity index (χ1) is 10.8. The van der Waals surface area contributed by atoms with Crippen LogP contribution in [-0.2, 0) is 20.0 Å². The molecule has 0 saturated carbocycles. The molecule has 0 heterocycles. The molecule has 0 fully saturated rings. The molecule has 0 spiro atoms. The van der Waals surface area contributed by atoms with Crippen molar-refractivity contribution in [1.29, 1.82) is 0 Å². The number of nitrogens with zero attached hydrogens (tertiary/aromatic N) is 1. The molecular formula is C15H25FN2O4S2. The summed E-state index contributed by atoms with van der Waals surface area (Å²) in [5, 5.41) is 0. The van der Waals surface area contributed by atoms with Crippen LogP contribution >= 0.6 is 0 Å². The second-order valence-corrected chi connectivity index (χ2v) is 10.3. The second kappa shape index (κ2) is 7.79. The lowest BCUT2D eigenvalue weighted by molar-refractivity contribution is 0.332. The van der Waals surface area contributed by atoms with Gasteiger partial charge in [-0.15, -0.1) is 0 Å². The Bertz CT molecular complexity index is 765. The van der Waals surface area contributed by atoms with Gasteiger partial charge in [-0.25, -0.2) is 21.2 Å². The van der Waals surface area contributed by atoms with Crippen molar-refractivity contribution in [2.45, 2.75) is 32.6 Å². The van der Waals surface area contributed by atoms with Gasteiger partial charge in [-0.1, -0.05) is 27.7 Å². The summed E-state index contributed by atoms with van der Waals surface area (Å²) >= 11 is 0. The Hall–Kier alpha value is -1.19. The quantitative estimate of drug-likeness (QED) is 0.751. The van der Waals surface area contributed by atoms with Crippen LogP contribution in [0.5, 0.6) is 0 Å². The highest BCUT2D eigenvalue weighted by Crippen LogP contribution is 2.24. The van der Waals surface area contributed by atoms with Gasteiger partial charge in [-0.2, -0.15) is 4.31 Å². The molecule has 0 amide bonds. The fraction of sp³-hybridized carbons (Fsp3) is 0.600. The maximum atomic E-state index is 14.3. The summed E-state index contributed by atoms with van der Waals surface area (Å²) in [5.41, 5.74) is -0.0202. The second-order valence-electron chi connectivity index (χ2n) is 6.63. The molecule has 1 aromatic rings. The van der Waals surface area contributed by atoms with Crippen molar-refractivity contribution < 1.29 is 21.2 Å². The third-order valence-corrected chi connectivity index (χ3v) is 5.46. The van der Waals surface area contributed by atoms with Gasteiger partial charge in [0, 0.05) is 13.1 Å². The van der Waals surface area contributed by atoms with Crippen LogP contribution in [0.2, 0.25) is 0 Å². The van der Waals surface area contributed by atoms with Crippen molar-refractivity contribution in [3.63, 3.8) is 0 Å². The van der Waals surface area contributed by atoms with E-state index in [9.17, 15) is 21.2 Å². The number of nitrogens with one attached hydrogen (secondary N) is 1. The minimum absolute atomic E-state index is 0.0202. The molecule has 0 aliphatic heterocycles. The van der Waals surface area contributed by atoms with Crippen LogP contribution in [0, 0.1) is 17.7 Å². The number of halogens is 1. The van der Waals surface area contributed by atoms with Crippen molar-refractivity contribution in [2.75, 3.05) is 24.1 Å². The average molecular weight is 381 g/mol. The molecule has 1 N–H and O–H groups in total. The number of rotatable bonds is 8. The monoisotopic (exact) mass is 380 g/mol. The van der Waals surface area contributed by atoms with Gasteiger partial charge in [0.15, 0.2) is 0 Å². The normalized spacial score (nSPS) is 13.0. The number of anilines is 1. The summed E-state index contributed by atoms with van der Waals surface area (Å²) in [6.45, 7) is 8.11. The van der Waals surface area contributed by atoms with Crippen LogP contribution in [0.4, 0.5) is 10.1 Å². The summed E-state index contributed by atoms with van der Waals surface area (Å²) in [5.74, 6) is -0.804. The van der Waals surface area contributed by atoms with E-state index in [0.29, 0.717) is 0 Å². The van der Waals surface area contributed by atoms with Gasteiger partial charge >= 0.3 is 0 Å². The molecule has 0 aliphatic rings. The van der Waals surface area contributed by atoms with Crippen molar-refractivity contribution in [3.8, 4) is 0 Å². The highest BCUT2D eigenvalue weighted by Gasteiger charge is 2.28. The van der Waals surface area contributed by atoms with Crippen LogP contribution in [-0.4, -0.2) is 40.5 Å². The lowest BCUT2D eigenvalue weighted by Crippen LogP contribution is -2.37. The van der Waals surface area contributed by atoms with E-state index >= 15 is 0 Å². The number of sulfonamides is 2. The summed E-state index contributed by atoms with van der Waals surface area (Å²) in [7, 11) is -7.57. The third kappa shape index (κ3) is 6.03. The van der Waals surface area contributed by atoms with Crippen molar-refractivity contribution in [3.05, 3.63) is 24.0 Å². The smallest absolute Gasteiger partial charge is 0.246 e. The first-order valence-corrected chi connectivity index (χ1v) is 10.9. The van der Waals surface area contributed by atoms with Crippen LogP contribution < -0.4 is 4.72 Å². The molecule has 0 radical (unpaired) electrons. The summed E-state index contributed by atoms with van der Waals surface area (Å²) in [6, 6.07) is 3.20. The van der Waals surface area contributed by atoms with Crippen LogP contribution in [0.15, 0.2) is 23.1 Å². The molecule has 0 unspecified atom stereocenters. The Labute approximate surface area is 144 Å². The van der Waals surface area contributed by atoms with Crippen LogP contribution in [0.3, 0.4) is 0 Å². The Morgan fingerprint density at radius 1 is 1.04 bits per heavy atom. The zero-order chi connectivity index (χ0) is 18.7. The van der Waals surface area contributed by atoms with E-state index in [-0.39, 0.29) is 30.6 Å². The van der Waals surface area contributed by atoms with Crippen LogP contribution in [0.1, 0.15) is 27.7 Å². The average Bonchev–Trinajstić information content (AvgIpc) is 2.34. The van der Waals surface area contributed by atoms with E-state index < -0.39 is 30.8 Å². The van der Waals surface area contributed by atoms with Crippen molar-refractivity contribution >= 4 is 25.7 Å². The molecule has 9 heteroatoms. The van der Waals surface area contributed by atoms with Gasteiger partial charge in [0.1, 0.15) is 10.7 Å². The van der Waals surface area contributed by atoms with E-state index in [0.717, 1.165) is 18.4 Å². The Balaban J connectivity index is 3.25. The maximum absolute atomic E-state index is 14.3. The van der Waals surface area contributed by atoms with E-state index in [4.69, 9.17) is 0 Å². The predicted molar refractivity (Wildman–Crippen MR) is 93.3 cm³/mol. The molecule has 0 atom stereocenters. The standard InChI is InChI=1S/C15H25FN2O4S2/c1-11(2)9-18(10-12(3)4)24(21,22)15-7-6-13(8-14(15)16)17-23(5,19)20/h6-8,11-12,17H,9-10H2,1-5H3. The number of benzene rings is 1. The fourth-order valence-electron chi connectivity index (χ4n) is 2.21. The molecule has 0 saturated heterocycles. The predicted octanol–water partition coefficient (Wildman–Crippen LogP) is 2.50. The van der Waals surface area contributed by atoms with E-state index in [2.05, 4.69) is 4.72 Å². The Kier molecular flexibility index (Phi) is 6.77. The van der Waals surface area contributed by atoms with Crippen LogP contribution in [0.25, 0.3) is 0 Å². The topological polar surface area (TPSA) is 83.6 Å². The van der Waals surface area contributed by atoms with Gasteiger partial charge in [0.2, 0.25) is 20.0 Å². The number of hydrogen-bond donors (Lipinski definition) is 1. The van der Waals surface area contributed by atoms with Gasteiger partial charge in [0.25, 0.3) is 0 Å². The van der Waals surface area contributed by atoms with Crippen molar-refractivity contribution in [2.24, 2.45) is 11.8 Å². The summed E-state index contributed by atoms with van der Waals surface area (Å²) in [4.78, 5) is -0.456. The Morgan fingerprint density at radius 2 is 1.54 bits per heavy atom. The minimum atomic E-state index is -4.00. The molecule has 24 heavy (non-hydrogen) atoms. The summed E-state index contributed by atoms with van der Waals surface area (Å²) < 4.78 is 65.6. The molecule has 0 bridgehead atoms. The van der Waals surface area contributed by atoms with Gasteiger partial charge in [-0.05, 0) is 30.0 Å². The van der Waals surface area contributed by atoms with Gasteiger partial charge < -0.3 is 0 Å². The minimum Gasteiger partial charge on any atom is -0.284 e. The van der Waals surface area contributed by atoms with E-state index in [1.54, 1.807) is 0 Å². The summed E-state index contributed by atoms with van der Waals surface area (Å²) in [6.07, 6.45) is 0.933. The number of hydrogen-bond acceptors (Lipinski definition) is 4. The van der Waals surface area contributed by atoms with E-state index in [1.165, 1.54) is 10.4 Å². The molecule has 6 nitrogen and oxygen atoms in total. The lowest BCUT2D eigenvalue weighted by Gasteiger charge is -2.26. The highest BCUT2D eigenvalue weighted by molar-refractivity contribution is 7.92. The van der Waals surface area contributed by atoms with Gasteiger partial charge in [0.05, 0.1) is 11.9 Å². The third-order valence-electron chi connectivity index (χ3n) is 2.99. The molecule has 0 aromatic heterocycles. The first kappa shape index (κ1) is 20.9. The zero-order valence-corrected chi connectivity index (χ0v) is 16.2. The molecule has 138 valence electrons. The van der Waals surface area contributed by atoms with E-state index in [1.807, 2.05) is 27.7 Å². The molecule has 1 aromatic carbocycles. The maximum Gasteiger partial charge on any atom is 0.246 e. The first-order valence-electron chi connectivity index (χ1n) is 7.60. The SMILES string of the molecule is CC(C)CN(CC(C)C)S(=O)(=O)c1ccc(NS(C)(=O)=O)cc1F. The highest BCUT2D eigenvalue weighted by atomic mass is 32.2. The van der Waals surface area contributed by atoms with Gasteiger partial charge in [-0.3, -0.25) is 4.72 Å². The molecular weight excluding hydrogens is 355 g/mol. The molecule has 1 rings (SSSR count). The fourth-order valence-corrected chi connectivity index (χ4v) is 4.58. The Morgan fingerprint density at radius 3 is 1.92 bits per heavy atom. The zero-order valence-electron chi connectivity index (χ0n) is 14.6. The lowest BCUT2D eigenvalue weighted by atomic mass is 10.2.